The summed E-state index contributed by atoms with van der Waals surface area (Å²) >= 11 is 0. The molecule has 0 N–H and O–H groups in total. The van der Waals surface area contributed by atoms with Crippen LogP contribution in [0.1, 0.15) is 38.3 Å². The van der Waals surface area contributed by atoms with Gasteiger partial charge in [-0.05, 0) is 119 Å². The first-order valence-corrected chi connectivity index (χ1v) is 17.5. The van der Waals surface area contributed by atoms with Crippen LogP contribution in [0.3, 0.4) is 0 Å². The van der Waals surface area contributed by atoms with E-state index in [1.807, 2.05) is 25.1 Å². The van der Waals surface area contributed by atoms with Crippen molar-refractivity contribution < 1.29 is 0 Å². The number of fused-ring (bicyclic) bond motifs is 1. The molecular formula is C50H41N. The molecule has 0 saturated carbocycles. The van der Waals surface area contributed by atoms with Crippen molar-refractivity contribution in [2.24, 2.45) is 5.41 Å². The number of benzene rings is 3. The number of nitrogens with zero attached hydrogens (tertiary/aromatic N) is 1. The number of para-hydroxylation sites is 1. The van der Waals surface area contributed by atoms with E-state index in [9.17, 15) is 0 Å². The summed E-state index contributed by atoms with van der Waals surface area (Å²) in [7, 11) is 0. The van der Waals surface area contributed by atoms with Crippen molar-refractivity contribution in [2.45, 2.75) is 27.2 Å². The Morgan fingerprint density at radius 1 is 0.706 bits per heavy atom. The molecule has 3 aliphatic carbocycles. The van der Waals surface area contributed by atoms with Gasteiger partial charge >= 0.3 is 0 Å². The second-order valence-electron chi connectivity index (χ2n) is 13.0. The number of hydrogen-bond donors (Lipinski definition) is 0. The lowest BCUT2D eigenvalue weighted by Gasteiger charge is -2.42. The fourth-order valence-corrected chi connectivity index (χ4v) is 7.77. The van der Waals surface area contributed by atoms with Crippen molar-refractivity contribution in [3.8, 4) is 0 Å². The summed E-state index contributed by atoms with van der Waals surface area (Å²) in [4.78, 5) is 2.24. The fourth-order valence-electron chi connectivity index (χ4n) is 7.77. The van der Waals surface area contributed by atoms with Crippen LogP contribution in [0.25, 0.3) is 11.1 Å². The highest BCUT2D eigenvalue weighted by Gasteiger charge is 2.41. The van der Waals surface area contributed by atoms with Crippen LogP contribution in [0.2, 0.25) is 0 Å². The maximum atomic E-state index is 4.23. The van der Waals surface area contributed by atoms with E-state index < -0.39 is 0 Å². The van der Waals surface area contributed by atoms with Gasteiger partial charge in [-0.2, -0.15) is 0 Å². The van der Waals surface area contributed by atoms with Gasteiger partial charge in [0.1, 0.15) is 0 Å². The summed E-state index contributed by atoms with van der Waals surface area (Å²) in [5.41, 5.74) is 26.1. The average Bonchev–Trinajstić information content (AvgIpc) is 3.52. The molecule has 0 aromatic heterocycles. The summed E-state index contributed by atoms with van der Waals surface area (Å²) in [6, 6.07) is 32.0. The Kier molecular flexibility index (Phi) is 9.28. The van der Waals surface area contributed by atoms with E-state index >= 15 is 0 Å². The van der Waals surface area contributed by atoms with Crippen LogP contribution < -0.4 is 4.90 Å². The Labute approximate surface area is 303 Å². The van der Waals surface area contributed by atoms with Crippen molar-refractivity contribution in [3.05, 3.63) is 250 Å². The second kappa shape index (κ2) is 14.3. The highest BCUT2D eigenvalue weighted by Crippen LogP contribution is 2.57. The van der Waals surface area contributed by atoms with Gasteiger partial charge in [0.25, 0.3) is 0 Å². The van der Waals surface area contributed by atoms with Gasteiger partial charge in [-0.1, -0.05) is 122 Å². The Morgan fingerprint density at radius 2 is 1.31 bits per heavy atom. The molecule has 0 radical (unpaired) electrons. The number of anilines is 1. The van der Waals surface area contributed by atoms with E-state index in [-0.39, 0.29) is 5.41 Å². The van der Waals surface area contributed by atoms with E-state index in [0.717, 1.165) is 45.8 Å². The first-order valence-electron chi connectivity index (χ1n) is 17.5. The third kappa shape index (κ3) is 5.98. The molecule has 1 heteroatoms. The standard InChI is InChI=1S/C50H41N/c1-6-21-42-33-36(8-3)44-34-39(27-20-31-47(44)51(42)41-28-17-12-18-29-41)40-26-19-30-43-45(35-40)48(37-22-13-10-14-23-37)46(9-4)50(5,32-7-2)49(43)38-24-15-11-16-25-38/h6-18,21-31,34-35H,2-3,32H2,1,4-5H3/b21-6-,46-9-. The predicted octanol–water partition coefficient (Wildman–Crippen LogP) is 12.7. The van der Waals surface area contributed by atoms with Gasteiger partial charge in [-0.15, -0.1) is 18.0 Å². The smallest absolute Gasteiger partial charge is 0.0893 e. The van der Waals surface area contributed by atoms with E-state index in [0.29, 0.717) is 0 Å². The van der Waals surface area contributed by atoms with Gasteiger partial charge in [0.2, 0.25) is 0 Å². The van der Waals surface area contributed by atoms with Crippen LogP contribution in [-0.4, -0.2) is 0 Å². The minimum absolute atomic E-state index is 0.314. The molecule has 0 bridgehead atoms. The Hall–Kier alpha value is -6.32. The largest absolute Gasteiger partial charge is 0.302 e. The quantitative estimate of drug-likeness (QED) is 0.172. The summed E-state index contributed by atoms with van der Waals surface area (Å²) in [6.07, 6.45) is 24.2. The number of rotatable bonds is 8. The molecule has 1 atom stereocenters. The van der Waals surface area contributed by atoms with Crippen molar-refractivity contribution in [3.63, 3.8) is 0 Å². The van der Waals surface area contributed by atoms with Crippen molar-refractivity contribution >= 4 is 16.8 Å². The van der Waals surface area contributed by atoms with Crippen LogP contribution in [0.4, 0.5) is 5.69 Å². The third-order valence-electron chi connectivity index (χ3n) is 9.92. The van der Waals surface area contributed by atoms with Gasteiger partial charge in [-0.25, -0.2) is 0 Å². The molecule has 0 amide bonds. The van der Waals surface area contributed by atoms with Crippen LogP contribution in [0.5, 0.6) is 0 Å². The first-order chi connectivity index (χ1) is 25.0. The molecule has 1 unspecified atom stereocenters. The summed E-state index contributed by atoms with van der Waals surface area (Å²) in [6.45, 7) is 15.0. The summed E-state index contributed by atoms with van der Waals surface area (Å²) in [5.74, 6) is 0. The van der Waals surface area contributed by atoms with Gasteiger partial charge in [0.15, 0.2) is 0 Å². The lowest BCUT2D eigenvalue weighted by Crippen LogP contribution is -2.27. The van der Waals surface area contributed by atoms with E-state index in [1.54, 1.807) is 0 Å². The lowest BCUT2D eigenvalue weighted by molar-refractivity contribution is 0.554. The first kappa shape index (κ1) is 33.2. The summed E-state index contributed by atoms with van der Waals surface area (Å²) in [5, 5.41) is 0. The zero-order chi connectivity index (χ0) is 35.4. The fraction of sp³-hybridized carbons (Fsp3) is 0.100. The maximum absolute atomic E-state index is 4.23. The predicted molar refractivity (Wildman–Crippen MR) is 216 cm³/mol. The van der Waals surface area contributed by atoms with Gasteiger partial charge in [-0.3, -0.25) is 0 Å². The molecule has 0 spiro atoms. The number of hydrogen-bond acceptors (Lipinski definition) is 1. The van der Waals surface area contributed by atoms with Gasteiger partial charge in [0, 0.05) is 28.3 Å². The van der Waals surface area contributed by atoms with Crippen LogP contribution in [-0.2, 0) is 0 Å². The van der Waals surface area contributed by atoms with Gasteiger partial charge in [0.05, 0.1) is 11.4 Å². The molecule has 0 saturated heterocycles. The highest BCUT2D eigenvalue weighted by molar-refractivity contribution is 6.00. The Bertz CT molecular complexity index is 2350. The van der Waals surface area contributed by atoms with Crippen LogP contribution >= 0.6 is 0 Å². The van der Waals surface area contributed by atoms with Crippen molar-refractivity contribution in [1.82, 2.24) is 0 Å². The molecule has 51 heavy (non-hydrogen) atoms. The van der Waals surface area contributed by atoms with E-state index in [4.69, 9.17) is 0 Å². The molecule has 3 aromatic carbocycles. The lowest BCUT2D eigenvalue weighted by atomic mass is 9.61. The van der Waals surface area contributed by atoms with Crippen molar-refractivity contribution in [1.29, 1.82) is 0 Å². The van der Waals surface area contributed by atoms with Gasteiger partial charge < -0.3 is 4.90 Å². The molecule has 3 aromatic rings. The Morgan fingerprint density at radius 3 is 1.92 bits per heavy atom. The monoisotopic (exact) mass is 655 g/mol. The van der Waals surface area contributed by atoms with Crippen molar-refractivity contribution in [2.75, 3.05) is 4.90 Å². The molecule has 1 nitrogen and oxygen atoms in total. The minimum atomic E-state index is -0.314. The average molecular weight is 656 g/mol. The molecule has 1 aliphatic heterocycles. The SMILES string of the molecule is C=CCC1(C)C(c2ccccc2)=C2C=C=CC(C3=CC4=C(C=C=C3)N(c3ccccc3)C(/C=C\C)=C=C4C=C)=CC2=C(c2ccccc2)/C1=C/C. The molecule has 4 aliphatic rings. The molecule has 246 valence electrons. The van der Waals surface area contributed by atoms with E-state index in [1.165, 1.54) is 39.0 Å². The summed E-state index contributed by atoms with van der Waals surface area (Å²) < 4.78 is 0. The maximum Gasteiger partial charge on any atom is 0.0893 e. The highest BCUT2D eigenvalue weighted by atomic mass is 15.2. The Balaban J connectivity index is 1.51. The number of allylic oxidation sites excluding steroid dienone is 17. The topological polar surface area (TPSA) is 3.24 Å². The van der Waals surface area contributed by atoms with E-state index in [2.05, 4.69) is 189 Å². The molecule has 1 heterocycles. The molecular weight excluding hydrogens is 615 g/mol. The van der Waals surface area contributed by atoms with Crippen LogP contribution in [0.15, 0.2) is 239 Å². The third-order valence-corrected chi connectivity index (χ3v) is 9.92. The zero-order valence-electron chi connectivity index (χ0n) is 29.6. The second-order valence-corrected chi connectivity index (χ2v) is 13.0. The zero-order valence-corrected chi connectivity index (χ0v) is 29.6. The minimum Gasteiger partial charge on any atom is -0.302 e. The normalized spacial score (nSPS) is 20.5. The van der Waals surface area contributed by atoms with Crippen LogP contribution in [0, 0.1) is 5.41 Å². The molecule has 7 rings (SSSR count). The molecule has 0 fully saturated rings.